The predicted octanol–water partition coefficient (Wildman–Crippen LogP) is 4.42. The van der Waals surface area contributed by atoms with Gasteiger partial charge in [0.1, 0.15) is 11.6 Å². The molecule has 1 amide bonds. The number of nitrogens with one attached hydrogen (secondary N) is 1. The summed E-state index contributed by atoms with van der Waals surface area (Å²) in [6.07, 6.45) is 1.83. The standard InChI is InChI=1S/C20H17FN4O2S/c1-11-8-14(13(3)25(11)18-9-12(2)27-24-18)10-17-19(26)23-20(28-17)22-16-6-4-15(21)5-7-16/h4-10H,1-3H3,(H,22,23,26)/b17-10-. The topological polar surface area (TPSA) is 72.4 Å². The van der Waals surface area contributed by atoms with Gasteiger partial charge in [0.15, 0.2) is 11.0 Å². The second-order valence-electron chi connectivity index (χ2n) is 6.42. The minimum Gasteiger partial charge on any atom is -0.360 e. The lowest BCUT2D eigenvalue weighted by molar-refractivity contribution is -0.115. The molecule has 6 nitrogen and oxygen atoms in total. The second-order valence-corrected chi connectivity index (χ2v) is 7.45. The first kappa shape index (κ1) is 18.2. The average Bonchev–Trinajstić information content (AvgIpc) is 3.29. The summed E-state index contributed by atoms with van der Waals surface area (Å²) in [4.78, 5) is 17.2. The van der Waals surface area contributed by atoms with Crippen LogP contribution in [0.3, 0.4) is 0 Å². The van der Waals surface area contributed by atoms with E-state index in [9.17, 15) is 9.18 Å². The zero-order valence-corrected chi connectivity index (χ0v) is 16.3. The molecule has 1 saturated heterocycles. The van der Waals surface area contributed by atoms with Crippen molar-refractivity contribution in [3.63, 3.8) is 0 Å². The number of rotatable bonds is 3. The van der Waals surface area contributed by atoms with Crippen LogP contribution in [-0.4, -0.2) is 20.8 Å². The van der Waals surface area contributed by atoms with Gasteiger partial charge in [0.25, 0.3) is 5.91 Å². The third-order valence-electron chi connectivity index (χ3n) is 4.31. The van der Waals surface area contributed by atoms with E-state index >= 15 is 0 Å². The summed E-state index contributed by atoms with van der Waals surface area (Å²) in [5, 5.41) is 7.27. The Balaban J connectivity index is 1.63. The second kappa shape index (κ2) is 7.12. The number of benzene rings is 1. The van der Waals surface area contributed by atoms with Crippen molar-refractivity contribution in [3.05, 3.63) is 69.8 Å². The fraction of sp³-hybridized carbons (Fsp3) is 0.150. The number of nitrogens with zero attached hydrogens (tertiary/aromatic N) is 3. The molecule has 0 unspecified atom stereocenters. The van der Waals surface area contributed by atoms with E-state index in [-0.39, 0.29) is 11.7 Å². The number of aryl methyl sites for hydroxylation is 2. The highest BCUT2D eigenvalue weighted by atomic mass is 32.2. The highest BCUT2D eigenvalue weighted by Crippen LogP contribution is 2.30. The summed E-state index contributed by atoms with van der Waals surface area (Å²) in [6, 6.07) is 9.64. The molecule has 0 saturated carbocycles. The van der Waals surface area contributed by atoms with Crippen molar-refractivity contribution >= 4 is 34.6 Å². The molecule has 28 heavy (non-hydrogen) atoms. The molecule has 1 aliphatic heterocycles. The smallest absolute Gasteiger partial charge is 0.264 e. The molecule has 4 rings (SSSR count). The van der Waals surface area contributed by atoms with Gasteiger partial charge in [0.2, 0.25) is 0 Å². The Morgan fingerprint density at radius 1 is 1.21 bits per heavy atom. The Labute approximate surface area is 165 Å². The molecule has 142 valence electrons. The van der Waals surface area contributed by atoms with Crippen LogP contribution in [0.25, 0.3) is 11.9 Å². The maximum atomic E-state index is 13.0. The van der Waals surface area contributed by atoms with Crippen molar-refractivity contribution in [1.29, 1.82) is 0 Å². The van der Waals surface area contributed by atoms with E-state index in [1.165, 1.54) is 23.9 Å². The van der Waals surface area contributed by atoms with Crippen LogP contribution in [-0.2, 0) is 4.79 Å². The van der Waals surface area contributed by atoms with Gasteiger partial charge in [-0.25, -0.2) is 9.38 Å². The van der Waals surface area contributed by atoms with Crippen LogP contribution in [0.2, 0.25) is 0 Å². The summed E-state index contributed by atoms with van der Waals surface area (Å²) in [5.74, 6) is 0.896. The molecule has 0 spiro atoms. The van der Waals surface area contributed by atoms with Gasteiger partial charge in [-0.15, -0.1) is 0 Å². The predicted molar refractivity (Wildman–Crippen MR) is 107 cm³/mol. The fourth-order valence-electron chi connectivity index (χ4n) is 3.00. The molecule has 3 heterocycles. The van der Waals surface area contributed by atoms with Gasteiger partial charge in [0, 0.05) is 17.5 Å². The van der Waals surface area contributed by atoms with Crippen molar-refractivity contribution < 1.29 is 13.7 Å². The molecule has 8 heteroatoms. The van der Waals surface area contributed by atoms with E-state index in [1.54, 1.807) is 12.1 Å². The number of carbonyl (C=O) groups excluding carboxylic acids is 1. The Morgan fingerprint density at radius 3 is 2.64 bits per heavy atom. The van der Waals surface area contributed by atoms with Crippen LogP contribution in [0, 0.1) is 26.6 Å². The molecule has 2 aromatic heterocycles. The minimum absolute atomic E-state index is 0.215. The van der Waals surface area contributed by atoms with Crippen LogP contribution in [0.15, 0.2) is 50.8 Å². The minimum atomic E-state index is -0.328. The lowest BCUT2D eigenvalue weighted by Crippen LogP contribution is -2.19. The molecule has 0 aliphatic carbocycles. The SMILES string of the molecule is Cc1cc(-n2c(C)cc(/C=C3\SC(=Nc4ccc(F)cc4)NC3=O)c2C)no1. The van der Waals surface area contributed by atoms with Gasteiger partial charge in [0.05, 0.1) is 10.6 Å². The number of carbonyl (C=O) groups is 1. The van der Waals surface area contributed by atoms with Crippen LogP contribution >= 0.6 is 11.8 Å². The van der Waals surface area contributed by atoms with Gasteiger partial charge in [-0.2, -0.15) is 0 Å². The normalized spacial score (nSPS) is 16.9. The number of thioether (sulfide) groups is 1. The molecule has 1 N–H and O–H groups in total. The number of amidine groups is 1. The molecule has 1 aromatic carbocycles. The number of aliphatic imine (C=N–C) groups is 1. The summed E-state index contributed by atoms with van der Waals surface area (Å²) in [6.45, 7) is 5.78. The summed E-state index contributed by atoms with van der Waals surface area (Å²) in [7, 11) is 0. The van der Waals surface area contributed by atoms with Crippen LogP contribution < -0.4 is 5.32 Å². The van der Waals surface area contributed by atoms with Crippen LogP contribution in [0.1, 0.15) is 22.7 Å². The van der Waals surface area contributed by atoms with Crippen molar-refractivity contribution in [2.24, 2.45) is 4.99 Å². The molecule has 0 bridgehead atoms. The summed E-state index contributed by atoms with van der Waals surface area (Å²) >= 11 is 1.25. The van der Waals surface area contributed by atoms with E-state index < -0.39 is 0 Å². The molecular formula is C20H17FN4O2S. The zero-order chi connectivity index (χ0) is 19.8. The van der Waals surface area contributed by atoms with Crippen molar-refractivity contribution in [1.82, 2.24) is 15.0 Å². The van der Waals surface area contributed by atoms with Gasteiger partial charge in [-0.3, -0.25) is 9.36 Å². The Kier molecular flexibility index (Phi) is 4.64. The average molecular weight is 396 g/mol. The lowest BCUT2D eigenvalue weighted by Gasteiger charge is -2.04. The zero-order valence-electron chi connectivity index (χ0n) is 15.5. The van der Waals surface area contributed by atoms with E-state index in [4.69, 9.17) is 4.52 Å². The third kappa shape index (κ3) is 3.50. The molecule has 0 atom stereocenters. The van der Waals surface area contributed by atoms with Crippen molar-refractivity contribution in [3.8, 4) is 5.82 Å². The Bertz CT molecular complexity index is 1130. The third-order valence-corrected chi connectivity index (χ3v) is 5.22. The number of amides is 1. The van der Waals surface area contributed by atoms with E-state index in [0.717, 1.165) is 22.7 Å². The monoisotopic (exact) mass is 396 g/mol. The number of aromatic nitrogens is 2. The van der Waals surface area contributed by atoms with Gasteiger partial charge in [-0.1, -0.05) is 5.16 Å². The Hall–Kier alpha value is -3.13. The molecular weight excluding hydrogens is 379 g/mol. The summed E-state index contributed by atoms with van der Waals surface area (Å²) in [5.41, 5.74) is 3.43. The number of halogens is 1. The largest absolute Gasteiger partial charge is 0.360 e. The molecule has 1 aliphatic rings. The first-order valence-electron chi connectivity index (χ1n) is 8.58. The van der Waals surface area contributed by atoms with Gasteiger partial charge >= 0.3 is 0 Å². The highest BCUT2D eigenvalue weighted by Gasteiger charge is 2.24. The van der Waals surface area contributed by atoms with E-state index in [0.29, 0.717) is 21.6 Å². The summed E-state index contributed by atoms with van der Waals surface area (Å²) < 4.78 is 20.2. The van der Waals surface area contributed by atoms with E-state index in [1.807, 2.05) is 43.5 Å². The fourth-order valence-corrected chi connectivity index (χ4v) is 3.83. The van der Waals surface area contributed by atoms with Crippen LogP contribution in [0.5, 0.6) is 0 Å². The highest BCUT2D eigenvalue weighted by molar-refractivity contribution is 8.18. The van der Waals surface area contributed by atoms with Gasteiger partial charge < -0.3 is 9.84 Å². The molecule has 0 radical (unpaired) electrons. The number of hydrogen-bond acceptors (Lipinski definition) is 5. The quantitative estimate of drug-likeness (QED) is 0.665. The first-order valence-corrected chi connectivity index (χ1v) is 9.40. The number of hydrogen-bond donors (Lipinski definition) is 1. The Morgan fingerprint density at radius 2 is 1.96 bits per heavy atom. The van der Waals surface area contributed by atoms with Crippen molar-refractivity contribution in [2.45, 2.75) is 20.8 Å². The van der Waals surface area contributed by atoms with E-state index in [2.05, 4.69) is 15.5 Å². The lowest BCUT2D eigenvalue weighted by atomic mass is 10.2. The van der Waals surface area contributed by atoms with Gasteiger partial charge in [-0.05, 0) is 74.5 Å². The van der Waals surface area contributed by atoms with Crippen LogP contribution in [0.4, 0.5) is 10.1 Å². The maximum Gasteiger partial charge on any atom is 0.264 e. The molecule has 1 fully saturated rings. The molecule has 3 aromatic rings. The maximum absolute atomic E-state index is 13.0. The van der Waals surface area contributed by atoms with Crippen molar-refractivity contribution in [2.75, 3.05) is 0 Å². The first-order chi connectivity index (χ1) is 13.4.